The number of aromatic nitrogens is 4. The zero-order valence-corrected chi connectivity index (χ0v) is 39.9. The minimum absolute atomic E-state index is 0. The Morgan fingerprint density at radius 2 is 1.23 bits per heavy atom. The van der Waals surface area contributed by atoms with Gasteiger partial charge in [0.2, 0.25) is 0 Å². The van der Waals surface area contributed by atoms with E-state index in [1.54, 1.807) is 54.7 Å². The molecule has 0 radical (unpaired) electrons. The lowest BCUT2D eigenvalue weighted by Crippen LogP contribution is -2.27. The molecule has 2 aromatic carbocycles. The van der Waals surface area contributed by atoms with Crippen molar-refractivity contribution in [1.82, 2.24) is 35.5 Å². The van der Waals surface area contributed by atoms with Crippen LogP contribution in [0.25, 0.3) is 22.1 Å². The number of benzene rings is 2. The number of fused-ring (bicyclic) bond motifs is 2. The molecular formula is C50H61Cl2N9O2S2. The summed E-state index contributed by atoms with van der Waals surface area (Å²) in [7, 11) is 1.25. The number of pyridine rings is 2. The Hall–Kier alpha value is -5.73. The fraction of sp³-hybridized carbons (Fsp3) is 0.320. The van der Waals surface area contributed by atoms with E-state index in [-0.39, 0.29) is 19.2 Å². The van der Waals surface area contributed by atoms with E-state index in [1.165, 1.54) is 32.6 Å². The monoisotopic (exact) mass is 954 g/mol. The lowest BCUT2D eigenvalue weighted by molar-refractivity contribution is -0.116. The number of H-pyrrole nitrogens is 2. The second-order valence-electron chi connectivity index (χ2n) is 13.4. The van der Waals surface area contributed by atoms with Gasteiger partial charge >= 0.3 is 0 Å². The molecule has 6 rings (SSSR count). The molecule has 2 amide bonds. The van der Waals surface area contributed by atoms with Gasteiger partial charge in [0.25, 0.3) is 11.8 Å². The number of carbonyl (C=O) groups excluding carboxylic acids is 2. The lowest BCUT2D eigenvalue weighted by Gasteiger charge is -2.13. The highest BCUT2D eigenvalue weighted by Gasteiger charge is 2.06. The highest BCUT2D eigenvalue weighted by molar-refractivity contribution is 7.80. The van der Waals surface area contributed by atoms with Gasteiger partial charge < -0.3 is 31.2 Å². The van der Waals surface area contributed by atoms with E-state index in [1.807, 2.05) is 42.9 Å². The third-order valence-electron chi connectivity index (χ3n) is 9.11. The average molecular weight is 956 g/mol. The molecule has 15 heteroatoms. The third-order valence-corrected chi connectivity index (χ3v) is 10.1. The molecule has 0 unspecified atom stereocenters. The van der Waals surface area contributed by atoms with Gasteiger partial charge in [-0.3, -0.25) is 9.59 Å². The molecule has 0 bridgehead atoms. The van der Waals surface area contributed by atoms with Gasteiger partial charge in [0.1, 0.15) is 11.3 Å². The topological polar surface area (TPSA) is 157 Å². The van der Waals surface area contributed by atoms with Crippen LogP contribution in [0.3, 0.4) is 0 Å². The van der Waals surface area contributed by atoms with Gasteiger partial charge in [-0.05, 0) is 146 Å². The molecule has 65 heavy (non-hydrogen) atoms. The lowest BCUT2D eigenvalue weighted by atomic mass is 10.0. The molecule has 0 saturated carbocycles. The maximum Gasteiger partial charge on any atom is 0.296 e. The summed E-state index contributed by atoms with van der Waals surface area (Å²) in [5.74, 6) is 9.97. The number of rotatable bonds is 14. The van der Waals surface area contributed by atoms with Crippen LogP contribution in [0.1, 0.15) is 78.5 Å². The van der Waals surface area contributed by atoms with E-state index in [4.69, 9.17) is 42.5 Å². The summed E-state index contributed by atoms with van der Waals surface area (Å²) in [4.78, 5) is 44.8. The minimum Gasteiger partial charge on any atom is -0.346 e. The highest BCUT2D eigenvalue weighted by atomic mass is 35.5. The first-order valence-electron chi connectivity index (χ1n) is 21.5. The maximum absolute atomic E-state index is 11.8. The molecule has 6 aromatic rings. The predicted molar refractivity (Wildman–Crippen MR) is 280 cm³/mol. The third kappa shape index (κ3) is 22.6. The predicted octanol–water partition coefficient (Wildman–Crippen LogP) is 10.0. The summed E-state index contributed by atoms with van der Waals surface area (Å²) in [6.45, 7) is 12.1. The fourth-order valence-electron chi connectivity index (χ4n) is 5.67. The number of carbonyl (C=O) groups is 2. The van der Waals surface area contributed by atoms with Gasteiger partial charge in [0.15, 0.2) is 0 Å². The van der Waals surface area contributed by atoms with E-state index in [2.05, 4.69) is 102 Å². The van der Waals surface area contributed by atoms with Crippen LogP contribution in [0.2, 0.25) is 10.0 Å². The molecule has 11 nitrogen and oxygen atoms in total. The van der Waals surface area contributed by atoms with Crippen molar-refractivity contribution in [2.75, 3.05) is 39.3 Å². The molecule has 6 N–H and O–H groups in total. The quantitative estimate of drug-likeness (QED) is 0.0313. The Balaban J connectivity index is 0.000000483. The van der Waals surface area contributed by atoms with Crippen LogP contribution in [-0.4, -0.2) is 85.9 Å². The van der Waals surface area contributed by atoms with E-state index in [9.17, 15) is 9.59 Å². The van der Waals surface area contributed by atoms with Gasteiger partial charge in [-0.15, -0.1) is 0 Å². The zero-order valence-electron chi connectivity index (χ0n) is 37.8. The van der Waals surface area contributed by atoms with Gasteiger partial charge in [-0.2, -0.15) is 0 Å². The minimum atomic E-state index is -0.324. The fourth-order valence-corrected chi connectivity index (χ4v) is 6.23. The van der Waals surface area contributed by atoms with E-state index in [0.29, 0.717) is 36.2 Å². The van der Waals surface area contributed by atoms with E-state index in [0.717, 1.165) is 69.3 Å². The Labute approximate surface area is 407 Å². The molecule has 4 heterocycles. The normalized spacial score (nSPS) is 9.69. The first-order chi connectivity index (χ1) is 31.6. The van der Waals surface area contributed by atoms with E-state index < -0.39 is 0 Å². The number of hydrogen-bond acceptors (Lipinski definition) is 9. The van der Waals surface area contributed by atoms with Crippen molar-refractivity contribution >= 4 is 91.5 Å². The number of nitrogens with zero attached hydrogens (tertiary/aromatic N) is 4. The molecular weight excluding hydrogens is 894 g/mol. The van der Waals surface area contributed by atoms with E-state index >= 15 is 0 Å². The van der Waals surface area contributed by atoms with Crippen molar-refractivity contribution in [2.24, 2.45) is 10.7 Å². The van der Waals surface area contributed by atoms with Crippen LogP contribution in [-0.2, 0) is 22.6 Å². The first-order valence-corrected chi connectivity index (χ1v) is 22.1. The molecule has 0 atom stereocenters. The molecule has 0 aliphatic heterocycles. The number of nitrogens with one attached hydrogen (secondary N) is 4. The van der Waals surface area contributed by atoms with Crippen LogP contribution in [0.4, 0.5) is 0 Å². The Bertz CT molecular complexity index is 2510. The molecule has 0 aliphatic carbocycles. The first kappa shape index (κ1) is 55.4. The highest BCUT2D eigenvalue weighted by Crippen LogP contribution is 2.18. The SMILES string of the molecule is C.CCN(CC)CC.NCCNC(=O)C#Cc1ccc(Cl)cc1.O=C(C#Cc1ccc(Cl)cc1)NCCCC(=S)CCc1ccnc2[nH]ccc12.S=C=NCc1ccnc2[nH]ccc12.[2H]C. The second kappa shape index (κ2) is 33.7. The van der Waals surface area contributed by atoms with Crippen molar-refractivity contribution in [1.29, 1.82) is 0 Å². The van der Waals surface area contributed by atoms with Gasteiger partial charge in [0.05, 0.1) is 11.7 Å². The molecule has 4 aromatic heterocycles. The van der Waals surface area contributed by atoms with Crippen LogP contribution in [0, 0.1) is 23.7 Å². The van der Waals surface area contributed by atoms with Crippen LogP contribution in [0.5, 0.6) is 0 Å². The van der Waals surface area contributed by atoms with Crippen molar-refractivity contribution < 1.29 is 11.0 Å². The van der Waals surface area contributed by atoms with Crippen LogP contribution in [0.15, 0.2) is 103 Å². The molecule has 0 fully saturated rings. The smallest absolute Gasteiger partial charge is 0.296 e. The maximum atomic E-state index is 11.8. The number of aryl methyl sites for hydroxylation is 1. The number of hydrogen-bond donors (Lipinski definition) is 5. The summed E-state index contributed by atoms with van der Waals surface area (Å²) < 4.78 is 5.75. The summed E-state index contributed by atoms with van der Waals surface area (Å²) >= 11 is 21.5. The Morgan fingerprint density at radius 3 is 1.69 bits per heavy atom. The molecule has 0 saturated heterocycles. The number of aromatic amines is 2. The zero-order chi connectivity index (χ0) is 47.7. The summed E-state index contributed by atoms with van der Waals surface area (Å²) in [5, 5.41) is 11.2. The summed E-state index contributed by atoms with van der Waals surface area (Å²) in [6.07, 6.45) is 10.7. The van der Waals surface area contributed by atoms with Crippen LogP contribution < -0.4 is 16.4 Å². The molecule has 0 aliphatic rings. The van der Waals surface area contributed by atoms with Crippen molar-refractivity contribution in [3.8, 4) is 23.7 Å². The summed E-state index contributed by atoms with van der Waals surface area (Å²) in [6, 6.07) is 22.0. The van der Waals surface area contributed by atoms with Crippen LogP contribution >= 0.6 is 47.6 Å². The van der Waals surface area contributed by atoms with Gasteiger partial charge in [0, 0.05) is 89.6 Å². The van der Waals surface area contributed by atoms with Gasteiger partial charge in [-0.1, -0.05) is 82.9 Å². The number of thiocarbonyl (C=S) groups is 2. The standard InChI is InChI=1S/C22H20ClN3OS.C11H11ClN2O.C9H7N3S.C6H15N.2CH4/c23-18-7-3-16(4-8-18)5-10-21(27)24-13-1-2-19(28)9-6-17-11-14-25-22-20(17)12-15-26-22;12-10-4-1-9(2-5-10)3-6-11(15)14-8-7-13;13-6-10-5-7-1-3-11-9-8(7)2-4-12-9;1-4-7(5-2)6-3;;/h3-4,7-8,11-12,14-15H,1-2,6,9,13H2,(H,24,27)(H,25,26);1-2,4-5H,7-8,13H2,(H,14,15);1-4H,5H2,(H,11,12);4-6H2,1-3H3;2*1H4/i;;;;1D;. The number of halogens is 2. The Kier molecular flexibility index (Phi) is 28.8. The number of aliphatic imine (C=N–C) groups is 1. The van der Waals surface area contributed by atoms with Crippen molar-refractivity contribution in [3.63, 3.8) is 0 Å². The molecule has 344 valence electrons. The number of isothiocyanates is 1. The average Bonchev–Trinajstić information content (AvgIpc) is 4.04. The number of amides is 2. The van der Waals surface area contributed by atoms with Crippen molar-refractivity contribution in [2.45, 2.75) is 67.8 Å². The second-order valence-corrected chi connectivity index (χ2v) is 15.0. The largest absolute Gasteiger partial charge is 0.346 e. The summed E-state index contributed by atoms with van der Waals surface area (Å²) in [5.41, 5.74) is 10.9. The van der Waals surface area contributed by atoms with Crippen molar-refractivity contribution in [3.05, 3.63) is 130 Å². The van der Waals surface area contributed by atoms with Gasteiger partial charge in [-0.25, -0.2) is 15.0 Å². The molecule has 0 spiro atoms. The Morgan fingerprint density at radius 1 is 0.754 bits per heavy atom. The number of nitrogens with two attached hydrogens (primary N) is 1.